The van der Waals surface area contributed by atoms with Gasteiger partial charge < -0.3 is 19.5 Å². The van der Waals surface area contributed by atoms with E-state index in [1.165, 1.54) is 6.33 Å². The van der Waals surface area contributed by atoms with Gasteiger partial charge in [-0.15, -0.1) is 0 Å². The van der Waals surface area contributed by atoms with Crippen molar-refractivity contribution in [1.29, 1.82) is 0 Å². The summed E-state index contributed by atoms with van der Waals surface area (Å²) < 4.78 is 8.15. The molecule has 1 unspecified atom stereocenters. The zero-order chi connectivity index (χ0) is 28.7. The van der Waals surface area contributed by atoms with Crippen LogP contribution < -0.4 is 15.0 Å². The number of benzene rings is 2. The molecule has 41 heavy (non-hydrogen) atoms. The van der Waals surface area contributed by atoms with Crippen molar-refractivity contribution in [2.45, 2.75) is 13.8 Å². The lowest BCUT2D eigenvalue weighted by molar-refractivity contribution is -0.114. The maximum Gasteiger partial charge on any atom is 0.255 e. The molecule has 10 nitrogen and oxygen atoms in total. The Labute approximate surface area is 238 Å². The van der Waals surface area contributed by atoms with Gasteiger partial charge in [0.05, 0.1) is 29.1 Å². The van der Waals surface area contributed by atoms with Gasteiger partial charge in [-0.25, -0.2) is 19.9 Å². The Bertz CT molecular complexity index is 1810. The van der Waals surface area contributed by atoms with E-state index < -0.39 is 0 Å². The van der Waals surface area contributed by atoms with E-state index in [-0.39, 0.29) is 11.8 Å². The van der Waals surface area contributed by atoms with Crippen LogP contribution in [0.1, 0.15) is 12.5 Å². The molecule has 1 saturated heterocycles. The van der Waals surface area contributed by atoms with Crippen LogP contribution in [-0.2, 0) is 11.8 Å². The number of hydrogen-bond donors (Lipinski definition) is 1. The number of imidazole rings is 1. The highest BCUT2D eigenvalue weighted by atomic mass is 16.5. The van der Waals surface area contributed by atoms with Crippen molar-refractivity contribution in [2.75, 3.05) is 37.4 Å². The topological polar surface area (TPSA) is 101 Å². The summed E-state index contributed by atoms with van der Waals surface area (Å²) >= 11 is 0. The minimum absolute atomic E-state index is 0.00836. The molecule has 5 aromatic rings. The fourth-order valence-corrected chi connectivity index (χ4v) is 5.07. The maximum absolute atomic E-state index is 13.2. The van der Waals surface area contributed by atoms with Crippen molar-refractivity contribution >= 4 is 45.2 Å². The van der Waals surface area contributed by atoms with E-state index in [0.29, 0.717) is 23.7 Å². The van der Waals surface area contributed by atoms with Gasteiger partial charge in [0, 0.05) is 48.8 Å². The first-order valence-corrected chi connectivity index (χ1v) is 13.5. The zero-order valence-corrected chi connectivity index (χ0v) is 23.8. The first-order valence-electron chi connectivity index (χ1n) is 13.5. The number of carbonyl (C=O) groups is 1. The van der Waals surface area contributed by atoms with Crippen LogP contribution in [0.15, 0.2) is 73.0 Å². The van der Waals surface area contributed by atoms with Crippen LogP contribution in [0.3, 0.4) is 0 Å². The minimum atomic E-state index is -0.00836. The van der Waals surface area contributed by atoms with Crippen LogP contribution in [0.2, 0.25) is 0 Å². The molecule has 2 aromatic carbocycles. The van der Waals surface area contributed by atoms with Gasteiger partial charge in [-0.05, 0) is 63.0 Å². The Kier molecular flexibility index (Phi) is 6.84. The smallest absolute Gasteiger partial charge is 0.255 e. The summed E-state index contributed by atoms with van der Waals surface area (Å²) in [5.41, 5.74) is 5.26. The SMILES string of the molecule is Cc1cc(Nc2ncnc3cnc(N4CC(C)C(=CCN(C)C)C4=O)cc23)ccc1Oc1ccc2c(c1)ncn2C. The van der Waals surface area contributed by atoms with E-state index in [2.05, 4.69) is 32.2 Å². The van der Waals surface area contributed by atoms with Crippen molar-refractivity contribution in [3.63, 3.8) is 0 Å². The highest BCUT2D eigenvalue weighted by molar-refractivity contribution is 6.09. The first-order chi connectivity index (χ1) is 19.8. The number of anilines is 3. The van der Waals surface area contributed by atoms with E-state index in [4.69, 9.17) is 4.74 Å². The number of amides is 1. The second-order valence-electron chi connectivity index (χ2n) is 10.7. The summed E-state index contributed by atoms with van der Waals surface area (Å²) in [6.07, 6.45) is 7.00. The number of rotatable bonds is 7. The van der Waals surface area contributed by atoms with Gasteiger partial charge in [0.15, 0.2) is 0 Å². The number of nitrogens with zero attached hydrogens (tertiary/aromatic N) is 7. The second kappa shape index (κ2) is 10.6. The summed E-state index contributed by atoms with van der Waals surface area (Å²) in [6.45, 7) is 5.38. The lowest BCUT2D eigenvalue weighted by Gasteiger charge is -2.16. The number of ether oxygens (including phenoxy) is 1. The van der Waals surface area contributed by atoms with E-state index in [9.17, 15) is 4.79 Å². The number of nitrogens with one attached hydrogen (secondary N) is 1. The molecular formula is C31H32N8O2. The molecule has 4 heterocycles. The number of pyridine rings is 1. The number of aryl methyl sites for hydroxylation is 2. The second-order valence-corrected chi connectivity index (χ2v) is 10.7. The Balaban J connectivity index is 1.24. The molecule has 3 aromatic heterocycles. The third-order valence-electron chi connectivity index (χ3n) is 7.30. The molecule has 0 aliphatic carbocycles. The lowest BCUT2D eigenvalue weighted by atomic mass is 10.0. The van der Waals surface area contributed by atoms with Crippen LogP contribution in [-0.4, -0.2) is 62.5 Å². The molecule has 1 amide bonds. The van der Waals surface area contributed by atoms with Crippen molar-refractivity contribution < 1.29 is 9.53 Å². The molecule has 0 bridgehead atoms. The summed E-state index contributed by atoms with van der Waals surface area (Å²) in [7, 11) is 5.95. The highest BCUT2D eigenvalue weighted by Crippen LogP contribution is 2.33. The molecule has 10 heteroatoms. The quantitative estimate of drug-likeness (QED) is 0.276. The van der Waals surface area contributed by atoms with Gasteiger partial charge in [-0.1, -0.05) is 13.0 Å². The third-order valence-corrected chi connectivity index (χ3v) is 7.30. The molecule has 0 radical (unpaired) electrons. The van der Waals surface area contributed by atoms with Gasteiger partial charge in [0.25, 0.3) is 5.91 Å². The number of hydrogen-bond acceptors (Lipinski definition) is 8. The largest absolute Gasteiger partial charge is 0.457 e. The summed E-state index contributed by atoms with van der Waals surface area (Å²) in [4.78, 5) is 34.9. The highest BCUT2D eigenvalue weighted by Gasteiger charge is 2.34. The molecule has 1 aliphatic heterocycles. The molecule has 6 rings (SSSR count). The predicted molar refractivity (Wildman–Crippen MR) is 161 cm³/mol. The number of carbonyl (C=O) groups excluding carboxylic acids is 1. The molecule has 1 fully saturated rings. The maximum atomic E-state index is 13.2. The minimum Gasteiger partial charge on any atom is -0.457 e. The average Bonchev–Trinajstić information content (AvgIpc) is 3.46. The Morgan fingerprint density at radius 3 is 2.73 bits per heavy atom. The van der Waals surface area contributed by atoms with Crippen LogP contribution in [0.25, 0.3) is 21.9 Å². The molecule has 1 atom stereocenters. The lowest BCUT2D eigenvalue weighted by Crippen LogP contribution is -2.26. The van der Waals surface area contributed by atoms with Gasteiger partial charge >= 0.3 is 0 Å². The van der Waals surface area contributed by atoms with Crippen LogP contribution >= 0.6 is 0 Å². The first kappa shape index (κ1) is 26.4. The standard InChI is InChI=1S/C31H32N8O2/c1-19-12-21(6-9-28(19)41-22-7-8-27-25(13-22)35-18-38(27)5)36-30-24-14-29(32-15-26(24)33-17-34-30)39-16-20(2)23(31(39)40)10-11-37(3)4/h6-10,12-15,17-18,20H,11,16H2,1-5H3,(H,33,34,36). The van der Waals surface area contributed by atoms with E-state index in [0.717, 1.165) is 51.3 Å². The third kappa shape index (κ3) is 5.21. The normalized spacial score (nSPS) is 16.4. The molecule has 1 N–H and O–H groups in total. The van der Waals surface area contributed by atoms with Crippen molar-refractivity contribution in [3.8, 4) is 11.5 Å². The summed E-state index contributed by atoms with van der Waals surface area (Å²) in [5.74, 6) is 2.82. The molecule has 0 saturated carbocycles. The van der Waals surface area contributed by atoms with Crippen molar-refractivity contribution in [3.05, 3.63) is 78.5 Å². The number of aromatic nitrogens is 5. The molecule has 1 aliphatic rings. The average molecular weight is 549 g/mol. The van der Waals surface area contributed by atoms with E-state index in [1.54, 1.807) is 17.4 Å². The zero-order valence-electron chi connectivity index (χ0n) is 23.8. The molecule has 208 valence electrons. The van der Waals surface area contributed by atoms with Gasteiger partial charge in [0.1, 0.15) is 29.5 Å². The molecular weight excluding hydrogens is 516 g/mol. The molecule has 0 spiro atoms. The van der Waals surface area contributed by atoms with Gasteiger partial charge in [-0.2, -0.15) is 0 Å². The van der Waals surface area contributed by atoms with Crippen LogP contribution in [0.5, 0.6) is 11.5 Å². The fraction of sp³-hybridized carbons (Fsp3) is 0.258. The summed E-state index contributed by atoms with van der Waals surface area (Å²) in [5, 5.41) is 4.20. The van der Waals surface area contributed by atoms with Crippen LogP contribution in [0.4, 0.5) is 17.3 Å². The summed E-state index contributed by atoms with van der Waals surface area (Å²) in [6, 6.07) is 13.7. The Morgan fingerprint density at radius 1 is 1.07 bits per heavy atom. The number of likely N-dealkylation sites (N-methyl/N-ethyl adjacent to an activating group) is 1. The Morgan fingerprint density at radius 2 is 1.93 bits per heavy atom. The fourth-order valence-electron chi connectivity index (χ4n) is 5.07. The predicted octanol–water partition coefficient (Wildman–Crippen LogP) is 5.23. The van der Waals surface area contributed by atoms with Crippen LogP contribution in [0, 0.1) is 12.8 Å². The van der Waals surface area contributed by atoms with Crippen molar-refractivity contribution in [1.82, 2.24) is 29.4 Å². The van der Waals surface area contributed by atoms with E-state index in [1.807, 2.05) is 86.1 Å². The monoisotopic (exact) mass is 548 g/mol. The van der Waals surface area contributed by atoms with Crippen molar-refractivity contribution in [2.24, 2.45) is 13.0 Å². The van der Waals surface area contributed by atoms with Gasteiger partial charge in [-0.3, -0.25) is 9.69 Å². The Hall–Kier alpha value is -4.83. The number of fused-ring (bicyclic) bond motifs is 2. The van der Waals surface area contributed by atoms with Gasteiger partial charge in [0.2, 0.25) is 0 Å². The van der Waals surface area contributed by atoms with E-state index >= 15 is 0 Å².